The topological polar surface area (TPSA) is 102 Å². The van der Waals surface area contributed by atoms with Gasteiger partial charge in [-0.2, -0.15) is 5.26 Å². The van der Waals surface area contributed by atoms with Crippen molar-refractivity contribution in [3.05, 3.63) is 58.1 Å². The van der Waals surface area contributed by atoms with Crippen molar-refractivity contribution in [3.63, 3.8) is 0 Å². The predicted molar refractivity (Wildman–Crippen MR) is 68.7 cm³/mol. The fourth-order valence-corrected chi connectivity index (χ4v) is 1.58. The average Bonchev–Trinajstić information content (AvgIpc) is 2.39. The van der Waals surface area contributed by atoms with E-state index in [4.69, 9.17) is 15.7 Å². The summed E-state index contributed by atoms with van der Waals surface area (Å²) < 4.78 is 5.43. The van der Waals surface area contributed by atoms with Crippen LogP contribution in [0.1, 0.15) is 5.56 Å². The van der Waals surface area contributed by atoms with Crippen molar-refractivity contribution in [1.82, 2.24) is 0 Å². The minimum atomic E-state index is -0.611. The van der Waals surface area contributed by atoms with Crippen LogP contribution in [-0.2, 0) is 0 Å². The van der Waals surface area contributed by atoms with Crippen LogP contribution in [0.2, 0.25) is 0 Å². The SMILES string of the molecule is N#Cc1ccccc1Oc1cccc(N)c1[N+](=O)[O-]. The maximum Gasteiger partial charge on any atom is 0.334 e. The van der Waals surface area contributed by atoms with Gasteiger partial charge in [0.05, 0.1) is 10.5 Å². The number of ether oxygens (including phenoxy) is 1. The zero-order chi connectivity index (χ0) is 13.8. The van der Waals surface area contributed by atoms with E-state index in [1.807, 2.05) is 6.07 Å². The monoisotopic (exact) mass is 255 g/mol. The number of rotatable bonds is 3. The van der Waals surface area contributed by atoms with Crippen LogP contribution < -0.4 is 10.5 Å². The second kappa shape index (κ2) is 5.06. The van der Waals surface area contributed by atoms with Crippen LogP contribution in [0.3, 0.4) is 0 Å². The second-order valence-corrected chi connectivity index (χ2v) is 3.66. The lowest BCUT2D eigenvalue weighted by Crippen LogP contribution is -1.99. The summed E-state index contributed by atoms with van der Waals surface area (Å²) in [5.41, 5.74) is 5.55. The molecule has 6 nitrogen and oxygen atoms in total. The number of nitro groups is 1. The van der Waals surface area contributed by atoms with Crippen LogP contribution in [0, 0.1) is 21.4 Å². The summed E-state index contributed by atoms with van der Waals surface area (Å²) in [7, 11) is 0. The number of nitrogens with two attached hydrogens (primary N) is 1. The summed E-state index contributed by atoms with van der Waals surface area (Å²) in [5, 5.41) is 19.9. The minimum Gasteiger partial charge on any atom is -0.449 e. The van der Waals surface area contributed by atoms with E-state index < -0.39 is 4.92 Å². The molecule has 0 aromatic heterocycles. The second-order valence-electron chi connectivity index (χ2n) is 3.66. The van der Waals surface area contributed by atoms with E-state index in [0.717, 1.165) is 0 Å². The Balaban J connectivity index is 2.48. The number of hydrogen-bond acceptors (Lipinski definition) is 5. The largest absolute Gasteiger partial charge is 0.449 e. The van der Waals surface area contributed by atoms with E-state index in [-0.39, 0.29) is 22.9 Å². The summed E-state index contributed by atoms with van der Waals surface area (Å²) >= 11 is 0. The predicted octanol–water partition coefficient (Wildman–Crippen LogP) is 2.84. The van der Waals surface area contributed by atoms with Gasteiger partial charge in [0.2, 0.25) is 5.75 Å². The lowest BCUT2D eigenvalue weighted by Gasteiger charge is -2.08. The summed E-state index contributed by atoms with van der Waals surface area (Å²) in [4.78, 5) is 10.4. The molecule has 0 heterocycles. The molecule has 0 saturated heterocycles. The molecule has 6 heteroatoms. The highest BCUT2D eigenvalue weighted by Gasteiger charge is 2.20. The van der Waals surface area contributed by atoms with E-state index in [1.165, 1.54) is 12.1 Å². The van der Waals surface area contributed by atoms with Crippen LogP contribution >= 0.6 is 0 Å². The average molecular weight is 255 g/mol. The highest BCUT2D eigenvalue weighted by atomic mass is 16.6. The molecule has 0 amide bonds. The molecule has 2 rings (SSSR count). The Kier molecular flexibility index (Phi) is 3.30. The van der Waals surface area contributed by atoms with Crippen molar-refractivity contribution < 1.29 is 9.66 Å². The highest BCUT2D eigenvalue weighted by Crippen LogP contribution is 2.36. The third kappa shape index (κ3) is 2.45. The van der Waals surface area contributed by atoms with E-state index in [1.54, 1.807) is 30.3 Å². The molecule has 0 aliphatic heterocycles. The molecule has 94 valence electrons. The van der Waals surface area contributed by atoms with E-state index in [2.05, 4.69) is 0 Å². The number of hydrogen-bond donors (Lipinski definition) is 1. The van der Waals surface area contributed by atoms with Gasteiger partial charge in [-0.25, -0.2) is 0 Å². The summed E-state index contributed by atoms with van der Waals surface area (Å²) in [6, 6.07) is 12.8. The van der Waals surface area contributed by atoms with Crippen LogP contribution in [0.5, 0.6) is 11.5 Å². The van der Waals surface area contributed by atoms with Gasteiger partial charge in [-0.05, 0) is 24.3 Å². The summed E-state index contributed by atoms with van der Waals surface area (Å²) in [6.07, 6.45) is 0. The number of nitrogen functional groups attached to an aromatic ring is 1. The molecule has 0 fully saturated rings. The first-order valence-corrected chi connectivity index (χ1v) is 5.33. The van der Waals surface area contributed by atoms with Gasteiger partial charge >= 0.3 is 5.69 Å². The lowest BCUT2D eigenvalue weighted by molar-refractivity contribution is -0.384. The fourth-order valence-electron chi connectivity index (χ4n) is 1.58. The van der Waals surface area contributed by atoms with E-state index >= 15 is 0 Å². The minimum absolute atomic E-state index is 0.00713. The third-order valence-corrected chi connectivity index (χ3v) is 2.44. The van der Waals surface area contributed by atoms with Crippen molar-refractivity contribution >= 4 is 11.4 Å². The van der Waals surface area contributed by atoms with Gasteiger partial charge in [0.25, 0.3) is 0 Å². The van der Waals surface area contributed by atoms with Crippen molar-refractivity contribution in [2.75, 3.05) is 5.73 Å². The number of benzene rings is 2. The maximum atomic E-state index is 11.0. The molecule has 0 bridgehead atoms. The van der Waals surface area contributed by atoms with Crippen LogP contribution in [-0.4, -0.2) is 4.92 Å². The molecule has 0 spiro atoms. The van der Waals surface area contributed by atoms with E-state index in [0.29, 0.717) is 5.56 Å². The molecule has 0 aliphatic rings. The summed E-state index contributed by atoms with van der Waals surface area (Å²) in [5.74, 6) is 0.256. The molecule has 0 atom stereocenters. The molecule has 0 saturated carbocycles. The van der Waals surface area contributed by atoms with Gasteiger partial charge in [-0.15, -0.1) is 0 Å². The number of nitro benzene ring substituents is 1. The Labute approximate surface area is 108 Å². The zero-order valence-electron chi connectivity index (χ0n) is 9.74. The first-order valence-electron chi connectivity index (χ1n) is 5.33. The lowest BCUT2D eigenvalue weighted by atomic mass is 10.2. The van der Waals surface area contributed by atoms with Crippen LogP contribution in [0.25, 0.3) is 0 Å². The van der Waals surface area contributed by atoms with Gasteiger partial charge in [0.1, 0.15) is 17.5 Å². The molecule has 0 unspecified atom stereocenters. The fraction of sp³-hybridized carbons (Fsp3) is 0. The Morgan fingerprint density at radius 3 is 2.53 bits per heavy atom. The number of nitrogens with zero attached hydrogens (tertiary/aromatic N) is 2. The Bertz CT molecular complexity index is 677. The first-order chi connectivity index (χ1) is 9.13. The number of nitriles is 1. The molecule has 19 heavy (non-hydrogen) atoms. The maximum absolute atomic E-state index is 11.0. The van der Waals surface area contributed by atoms with Gasteiger partial charge in [0, 0.05) is 0 Å². The molecule has 2 aromatic rings. The molecular weight excluding hydrogens is 246 g/mol. The molecule has 0 aliphatic carbocycles. The molecule has 2 N–H and O–H groups in total. The quantitative estimate of drug-likeness (QED) is 0.516. The first kappa shape index (κ1) is 12.4. The van der Waals surface area contributed by atoms with Crippen molar-refractivity contribution in [2.45, 2.75) is 0 Å². The highest BCUT2D eigenvalue weighted by molar-refractivity contribution is 5.66. The molecule has 0 radical (unpaired) electrons. The van der Waals surface area contributed by atoms with Gasteiger partial charge in [-0.1, -0.05) is 18.2 Å². The van der Waals surface area contributed by atoms with Gasteiger partial charge in [0.15, 0.2) is 0 Å². The molecule has 2 aromatic carbocycles. The normalized spacial score (nSPS) is 9.63. The van der Waals surface area contributed by atoms with Gasteiger partial charge in [-0.3, -0.25) is 10.1 Å². The smallest absolute Gasteiger partial charge is 0.334 e. The Hall–Kier alpha value is -3.07. The standard InChI is InChI=1S/C13H9N3O3/c14-8-9-4-1-2-6-11(9)19-12-7-3-5-10(15)13(12)16(17)18/h1-7H,15H2. The third-order valence-electron chi connectivity index (χ3n) is 2.44. The Morgan fingerprint density at radius 1 is 1.16 bits per heavy atom. The zero-order valence-corrected chi connectivity index (χ0v) is 9.74. The summed E-state index contributed by atoms with van der Waals surface area (Å²) in [6.45, 7) is 0. The number of anilines is 1. The van der Waals surface area contributed by atoms with E-state index in [9.17, 15) is 10.1 Å². The van der Waals surface area contributed by atoms with Crippen molar-refractivity contribution in [1.29, 1.82) is 5.26 Å². The van der Waals surface area contributed by atoms with Crippen molar-refractivity contribution in [2.24, 2.45) is 0 Å². The Morgan fingerprint density at radius 2 is 1.84 bits per heavy atom. The van der Waals surface area contributed by atoms with Crippen LogP contribution in [0.4, 0.5) is 11.4 Å². The molecular formula is C13H9N3O3. The van der Waals surface area contributed by atoms with Crippen LogP contribution in [0.15, 0.2) is 42.5 Å². The van der Waals surface area contributed by atoms with Gasteiger partial charge < -0.3 is 10.5 Å². The number of para-hydroxylation sites is 2. The van der Waals surface area contributed by atoms with Crippen molar-refractivity contribution in [3.8, 4) is 17.6 Å².